The molecule has 2 aliphatic rings. The number of aliphatic carboxylic acids is 1. The van der Waals surface area contributed by atoms with Crippen molar-refractivity contribution in [3.63, 3.8) is 0 Å². The Morgan fingerprint density at radius 2 is 1.12 bits per heavy atom. The van der Waals surface area contributed by atoms with Gasteiger partial charge in [0.1, 0.15) is 20.8 Å². The summed E-state index contributed by atoms with van der Waals surface area (Å²) < 4.78 is 1.55. The Morgan fingerprint density at radius 3 is 1.61 bits per heavy atom. The van der Waals surface area contributed by atoms with Crippen molar-refractivity contribution in [3.8, 4) is 0 Å². The molecule has 7 nitrogen and oxygen atoms in total. The van der Waals surface area contributed by atoms with Gasteiger partial charge in [0, 0.05) is 10.8 Å². The van der Waals surface area contributed by atoms with Crippen LogP contribution in [0, 0.1) is 13.8 Å². The lowest BCUT2D eigenvalue weighted by Gasteiger charge is -2.16. The summed E-state index contributed by atoms with van der Waals surface area (Å²) in [6.07, 6.45) is 3.34. The van der Waals surface area contributed by atoms with Gasteiger partial charge >= 0.3 is 5.97 Å². The Hall–Kier alpha value is -4.60. The highest BCUT2D eigenvalue weighted by Gasteiger charge is 2.52. The van der Waals surface area contributed by atoms with Crippen molar-refractivity contribution in [2.75, 3.05) is 11.1 Å². The molecule has 1 amide bonds. The van der Waals surface area contributed by atoms with E-state index >= 15 is 0 Å². The SMILES string of the molecule is Cc1ccc(C2(C(=O)Nc3cc4ccccc4c(Br)n3)CC2)cc1.Cc1ccc(C2(C(=O)O)CC2)cc1.Nc1cc2ccccc2c(Br)n1. The maximum atomic E-state index is 12.9. The van der Waals surface area contributed by atoms with Crippen LogP contribution >= 0.6 is 31.9 Å². The number of carboxylic acids is 1. The zero-order valence-electron chi connectivity index (χ0n) is 27.2. The number of rotatable bonds is 5. The van der Waals surface area contributed by atoms with Gasteiger partial charge in [0.15, 0.2) is 0 Å². The Balaban J connectivity index is 0.000000140. The number of carbonyl (C=O) groups is 2. The lowest BCUT2D eigenvalue weighted by atomic mass is 9.94. The third kappa shape index (κ3) is 7.53. The van der Waals surface area contributed by atoms with Crippen LogP contribution in [0.15, 0.2) is 118 Å². The minimum absolute atomic E-state index is 0.0287. The third-order valence-electron chi connectivity index (χ3n) is 9.20. The maximum Gasteiger partial charge on any atom is 0.314 e. The van der Waals surface area contributed by atoms with Crippen LogP contribution < -0.4 is 11.1 Å². The standard InChI is InChI=1S/C20H17BrN2O.C11H12O2.C9H7BrN2/c1-13-6-8-15(9-7-13)20(10-11-20)19(24)23-17-12-14-4-2-3-5-16(14)18(21)22-17;1-8-2-4-9(5-3-8)11(6-7-11)10(12)13;10-9-7-4-2-1-3-6(7)5-8(11)12-9/h2-9,12H,10-11H2,1H3,(H,22,23,24);2-5H,6-7H2,1H3,(H,12,13);1-5H,(H2,11,12). The lowest BCUT2D eigenvalue weighted by molar-refractivity contribution is -0.140. The molecule has 0 radical (unpaired) electrons. The Kier molecular flexibility index (Phi) is 9.86. The molecule has 2 aliphatic carbocycles. The van der Waals surface area contributed by atoms with Crippen molar-refractivity contribution in [1.82, 2.24) is 9.97 Å². The largest absolute Gasteiger partial charge is 0.481 e. The molecule has 0 aliphatic heterocycles. The molecule has 2 heterocycles. The van der Waals surface area contributed by atoms with Crippen LogP contribution in [0.25, 0.3) is 21.5 Å². The van der Waals surface area contributed by atoms with E-state index in [1.165, 1.54) is 11.1 Å². The van der Waals surface area contributed by atoms with Crippen molar-refractivity contribution in [3.05, 3.63) is 141 Å². The summed E-state index contributed by atoms with van der Waals surface area (Å²) in [5.74, 6) is 0.474. The molecule has 0 bridgehead atoms. The molecule has 2 saturated carbocycles. The number of nitrogens with zero attached hydrogens (tertiary/aromatic N) is 2. The van der Waals surface area contributed by atoms with E-state index in [-0.39, 0.29) is 5.91 Å². The number of hydrogen-bond donors (Lipinski definition) is 3. The number of halogens is 2. The molecule has 4 N–H and O–H groups in total. The Labute approximate surface area is 302 Å². The van der Waals surface area contributed by atoms with E-state index in [1.54, 1.807) is 0 Å². The van der Waals surface area contributed by atoms with Crippen molar-refractivity contribution < 1.29 is 14.7 Å². The van der Waals surface area contributed by atoms with Crippen LogP contribution in [0.3, 0.4) is 0 Å². The van der Waals surface area contributed by atoms with E-state index < -0.39 is 16.8 Å². The number of benzene rings is 4. The smallest absolute Gasteiger partial charge is 0.314 e. The first-order chi connectivity index (χ1) is 23.5. The average molecular weight is 781 g/mol. The number of amides is 1. The van der Waals surface area contributed by atoms with Crippen LogP contribution in [0.5, 0.6) is 0 Å². The summed E-state index contributed by atoms with van der Waals surface area (Å²) in [4.78, 5) is 32.4. The van der Waals surface area contributed by atoms with Gasteiger partial charge in [-0.2, -0.15) is 0 Å². The second kappa shape index (κ2) is 14.1. The van der Waals surface area contributed by atoms with Crippen molar-refractivity contribution in [1.29, 1.82) is 0 Å². The van der Waals surface area contributed by atoms with Crippen LogP contribution in [0.2, 0.25) is 0 Å². The monoisotopic (exact) mass is 778 g/mol. The second-order valence-corrected chi connectivity index (χ2v) is 14.2. The van der Waals surface area contributed by atoms with Gasteiger partial charge in [0.05, 0.1) is 10.8 Å². The van der Waals surface area contributed by atoms with Crippen LogP contribution in [-0.4, -0.2) is 27.0 Å². The molecule has 0 spiro atoms. The first-order valence-corrected chi connectivity index (χ1v) is 17.6. The van der Waals surface area contributed by atoms with Gasteiger partial charge in [-0.1, -0.05) is 108 Å². The van der Waals surface area contributed by atoms with Crippen molar-refractivity contribution in [2.45, 2.75) is 50.4 Å². The summed E-state index contributed by atoms with van der Waals surface area (Å²) in [6, 6.07) is 35.8. The number of carboxylic acid groups (broad SMARTS) is 1. The van der Waals surface area contributed by atoms with Gasteiger partial charge in [0.2, 0.25) is 5.91 Å². The quantitative estimate of drug-likeness (QED) is 0.150. The fourth-order valence-corrected chi connectivity index (χ4v) is 7.02. The van der Waals surface area contributed by atoms with E-state index in [2.05, 4.69) is 78.3 Å². The molecule has 9 heteroatoms. The molecule has 8 rings (SSSR count). The van der Waals surface area contributed by atoms with Gasteiger partial charge in [0.25, 0.3) is 0 Å². The number of pyridine rings is 2. The highest BCUT2D eigenvalue weighted by atomic mass is 79.9. The summed E-state index contributed by atoms with van der Waals surface area (Å²) >= 11 is 6.85. The minimum atomic E-state index is -0.684. The number of nitrogen functional groups attached to an aromatic ring is 1. The lowest BCUT2D eigenvalue weighted by Crippen LogP contribution is -2.28. The number of fused-ring (bicyclic) bond motifs is 2. The maximum absolute atomic E-state index is 12.9. The van der Waals surface area contributed by atoms with Crippen LogP contribution in [0.1, 0.15) is 47.9 Å². The Bertz CT molecular complexity index is 2160. The molecule has 0 saturated heterocycles. The first-order valence-electron chi connectivity index (χ1n) is 16.1. The highest BCUT2D eigenvalue weighted by Crippen LogP contribution is 2.49. The summed E-state index contributed by atoms with van der Waals surface area (Å²) in [5.41, 5.74) is 9.05. The number of aryl methyl sites for hydroxylation is 2. The van der Waals surface area contributed by atoms with Crippen LogP contribution in [-0.2, 0) is 20.4 Å². The van der Waals surface area contributed by atoms with Crippen molar-refractivity contribution >= 4 is 76.9 Å². The van der Waals surface area contributed by atoms with Gasteiger partial charge < -0.3 is 16.2 Å². The number of aromatic nitrogens is 2. The van der Waals surface area contributed by atoms with Gasteiger partial charge in [-0.15, -0.1) is 0 Å². The molecule has 49 heavy (non-hydrogen) atoms. The topological polar surface area (TPSA) is 118 Å². The second-order valence-electron chi connectivity index (χ2n) is 12.7. The van der Waals surface area contributed by atoms with Crippen molar-refractivity contribution in [2.24, 2.45) is 0 Å². The molecule has 0 atom stereocenters. The molecular weight excluding hydrogens is 744 g/mol. The molecule has 0 unspecified atom stereocenters. The van der Waals surface area contributed by atoms with Gasteiger partial charge in [-0.3, -0.25) is 9.59 Å². The van der Waals surface area contributed by atoms with E-state index in [0.717, 1.165) is 67.6 Å². The molecule has 6 aromatic rings. The zero-order chi connectivity index (χ0) is 34.8. The van der Waals surface area contributed by atoms with E-state index in [4.69, 9.17) is 10.8 Å². The molecule has 248 valence electrons. The zero-order valence-corrected chi connectivity index (χ0v) is 30.4. The molecule has 2 fully saturated rings. The number of anilines is 2. The molecule has 2 aromatic heterocycles. The predicted octanol–water partition coefficient (Wildman–Crippen LogP) is 9.67. The summed E-state index contributed by atoms with van der Waals surface area (Å²) in [5, 5.41) is 16.3. The average Bonchev–Trinajstić information content (AvgIpc) is 4.02. The van der Waals surface area contributed by atoms with E-state index in [9.17, 15) is 9.59 Å². The van der Waals surface area contributed by atoms with Gasteiger partial charge in [-0.25, -0.2) is 9.97 Å². The van der Waals surface area contributed by atoms with E-state index in [1.807, 2.05) is 91.9 Å². The number of nitrogens with two attached hydrogens (primary N) is 1. The Morgan fingerprint density at radius 1 is 0.673 bits per heavy atom. The fraction of sp³-hybridized carbons (Fsp3) is 0.200. The number of carbonyl (C=O) groups excluding carboxylic acids is 1. The number of nitrogens with one attached hydrogen (secondary N) is 1. The number of hydrogen-bond acceptors (Lipinski definition) is 5. The third-order valence-corrected chi connectivity index (χ3v) is 10.4. The summed E-state index contributed by atoms with van der Waals surface area (Å²) in [7, 11) is 0. The molecule has 4 aromatic carbocycles. The molecular formula is C40H36Br2N4O3. The minimum Gasteiger partial charge on any atom is -0.481 e. The predicted molar refractivity (Wildman–Crippen MR) is 204 cm³/mol. The fourth-order valence-electron chi connectivity index (χ4n) is 5.90. The summed E-state index contributed by atoms with van der Waals surface area (Å²) in [6.45, 7) is 4.06. The van der Waals surface area contributed by atoms with Gasteiger partial charge in [-0.05, 0) is 105 Å². The first kappa shape index (κ1) is 34.3. The van der Waals surface area contributed by atoms with Crippen LogP contribution in [0.4, 0.5) is 11.6 Å². The normalized spacial score (nSPS) is 14.9. The van der Waals surface area contributed by atoms with E-state index in [0.29, 0.717) is 11.6 Å². The highest BCUT2D eigenvalue weighted by molar-refractivity contribution is 9.10.